The maximum atomic E-state index is 13.8. The summed E-state index contributed by atoms with van der Waals surface area (Å²) in [6, 6.07) is 11.0. The van der Waals surface area contributed by atoms with Crippen molar-refractivity contribution in [3.05, 3.63) is 76.9 Å². The Labute approximate surface area is 279 Å². The van der Waals surface area contributed by atoms with Gasteiger partial charge in [0.1, 0.15) is 5.75 Å². The first kappa shape index (κ1) is 34.9. The Morgan fingerprint density at radius 2 is 1.73 bits per heavy atom. The number of likely N-dealkylation sites (N-methyl/N-ethyl adjacent to an activating group) is 1. The lowest BCUT2D eigenvalue weighted by Crippen LogP contribution is -2.45. The maximum Gasteiger partial charge on any atom is 0.491 e. The number of esters is 1. The van der Waals surface area contributed by atoms with Crippen LogP contribution >= 0.6 is 11.3 Å². The summed E-state index contributed by atoms with van der Waals surface area (Å²) in [4.78, 5) is 39.3. The van der Waals surface area contributed by atoms with Gasteiger partial charge in [-0.25, -0.2) is 18.2 Å². The van der Waals surface area contributed by atoms with Gasteiger partial charge in [0.2, 0.25) is 0 Å². The van der Waals surface area contributed by atoms with Gasteiger partial charge < -0.3 is 14.4 Å². The van der Waals surface area contributed by atoms with Crippen molar-refractivity contribution in [1.29, 1.82) is 0 Å². The van der Waals surface area contributed by atoms with Gasteiger partial charge in [0.15, 0.2) is 26.5 Å². The lowest BCUT2D eigenvalue weighted by Gasteiger charge is -2.33. The highest BCUT2D eigenvalue weighted by Crippen LogP contribution is 2.41. The minimum atomic E-state index is -5.40. The average Bonchev–Trinajstić information content (AvgIpc) is 3.48. The zero-order chi connectivity index (χ0) is 34.6. The molecule has 0 unspecified atom stereocenters. The number of piperazine rings is 1. The molecule has 3 heterocycles. The number of ether oxygens (including phenoxy) is 2. The molecule has 0 bridgehead atoms. The molecular weight excluding hydrogens is 672 g/mol. The first-order chi connectivity index (χ1) is 22.7. The zero-order valence-corrected chi connectivity index (χ0v) is 27.8. The Morgan fingerprint density at radius 3 is 2.35 bits per heavy atom. The van der Waals surface area contributed by atoms with Crippen LogP contribution in [0.15, 0.2) is 65.0 Å². The van der Waals surface area contributed by atoms with Crippen LogP contribution < -0.4 is 14.8 Å². The van der Waals surface area contributed by atoms with E-state index in [1.165, 1.54) is 42.6 Å². The third kappa shape index (κ3) is 8.55. The number of benzene rings is 2. The fourth-order valence-corrected chi connectivity index (χ4v) is 6.33. The van der Waals surface area contributed by atoms with E-state index in [4.69, 9.17) is 9.47 Å². The molecule has 0 spiro atoms. The van der Waals surface area contributed by atoms with Crippen LogP contribution in [0.3, 0.4) is 0 Å². The van der Waals surface area contributed by atoms with E-state index in [-0.39, 0.29) is 21.3 Å². The number of sulfone groups is 1. The molecule has 1 aliphatic heterocycles. The number of thiazole rings is 1. The SMILES string of the molecule is CCN1CCN(Cc2csc(NC(=O)c3cc(-c4ncccc4C)cc(Oc4ccc(S(C)(=O)=O)cc4)c3OC(=O)C(F)(F)F)n2)CC1. The number of amides is 1. The predicted octanol–water partition coefficient (Wildman–Crippen LogP) is 5.57. The Balaban J connectivity index is 1.52. The molecule has 2 aromatic heterocycles. The summed E-state index contributed by atoms with van der Waals surface area (Å²) in [6.07, 6.45) is -2.88. The monoisotopic (exact) mass is 703 g/mol. The lowest BCUT2D eigenvalue weighted by atomic mass is 10.0. The third-order valence-corrected chi connectivity index (χ3v) is 9.49. The number of hydrogen-bond donors (Lipinski definition) is 1. The molecule has 48 heavy (non-hydrogen) atoms. The number of rotatable bonds is 10. The zero-order valence-electron chi connectivity index (χ0n) is 26.2. The minimum absolute atomic E-state index is 0.00251. The van der Waals surface area contributed by atoms with Crippen molar-refractivity contribution in [3.63, 3.8) is 0 Å². The number of pyridine rings is 1. The summed E-state index contributed by atoms with van der Waals surface area (Å²) < 4.78 is 74.9. The van der Waals surface area contributed by atoms with E-state index >= 15 is 0 Å². The highest BCUT2D eigenvalue weighted by Gasteiger charge is 2.43. The van der Waals surface area contributed by atoms with E-state index < -0.39 is 45.0 Å². The number of halogens is 3. The number of nitrogens with zero attached hydrogens (tertiary/aromatic N) is 4. The smallest absolute Gasteiger partial charge is 0.453 e. The normalized spacial score (nSPS) is 14.5. The van der Waals surface area contributed by atoms with Crippen molar-refractivity contribution >= 4 is 38.2 Å². The van der Waals surface area contributed by atoms with Crippen molar-refractivity contribution in [2.24, 2.45) is 0 Å². The van der Waals surface area contributed by atoms with E-state index in [1.54, 1.807) is 24.4 Å². The Bertz CT molecular complexity index is 1910. The second-order valence-electron chi connectivity index (χ2n) is 11.1. The van der Waals surface area contributed by atoms with Gasteiger partial charge in [0, 0.05) is 56.1 Å². The summed E-state index contributed by atoms with van der Waals surface area (Å²) in [5.41, 5.74) is 1.60. The molecule has 1 saturated heterocycles. The second kappa shape index (κ2) is 14.4. The van der Waals surface area contributed by atoms with Gasteiger partial charge in [-0.3, -0.25) is 20.0 Å². The highest BCUT2D eigenvalue weighted by molar-refractivity contribution is 7.90. The van der Waals surface area contributed by atoms with Crippen LogP contribution in [-0.2, 0) is 21.2 Å². The number of anilines is 1. The van der Waals surface area contributed by atoms with Crippen LogP contribution in [-0.4, -0.2) is 85.2 Å². The molecule has 1 N–H and O–H groups in total. The second-order valence-corrected chi connectivity index (χ2v) is 13.9. The number of alkyl halides is 3. The number of nitrogens with one attached hydrogen (secondary N) is 1. The summed E-state index contributed by atoms with van der Waals surface area (Å²) in [7, 11) is -3.56. The topological polar surface area (TPSA) is 131 Å². The number of hydrogen-bond acceptors (Lipinski definition) is 11. The summed E-state index contributed by atoms with van der Waals surface area (Å²) in [5.74, 6) is -4.71. The number of carbonyl (C=O) groups is 2. The van der Waals surface area contributed by atoms with Crippen LogP contribution in [0.25, 0.3) is 11.3 Å². The van der Waals surface area contributed by atoms with Crippen molar-refractivity contribution in [3.8, 4) is 28.5 Å². The van der Waals surface area contributed by atoms with Crippen LogP contribution in [0.1, 0.15) is 28.5 Å². The van der Waals surface area contributed by atoms with E-state index in [9.17, 15) is 31.2 Å². The number of carbonyl (C=O) groups excluding carboxylic acids is 2. The maximum absolute atomic E-state index is 13.8. The van der Waals surface area contributed by atoms with E-state index in [1.807, 2.05) is 0 Å². The van der Waals surface area contributed by atoms with Crippen molar-refractivity contribution in [2.45, 2.75) is 31.5 Å². The van der Waals surface area contributed by atoms with Crippen molar-refractivity contribution in [2.75, 3.05) is 44.3 Å². The summed E-state index contributed by atoms with van der Waals surface area (Å²) in [6.45, 7) is 8.99. The van der Waals surface area contributed by atoms with Crippen LogP contribution in [0.5, 0.6) is 17.2 Å². The minimum Gasteiger partial charge on any atom is -0.453 e. The molecule has 5 rings (SSSR count). The quantitative estimate of drug-likeness (QED) is 0.165. The van der Waals surface area contributed by atoms with Crippen molar-refractivity contribution < 1.29 is 40.7 Å². The first-order valence-corrected chi connectivity index (χ1v) is 17.6. The predicted molar refractivity (Wildman–Crippen MR) is 173 cm³/mol. The van der Waals surface area contributed by atoms with Gasteiger partial charge in [0.05, 0.1) is 21.8 Å². The molecule has 0 saturated carbocycles. The van der Waals surface area contributed by atoms with E-state index in [2.05, 4.69) is 32.0 Å². The molecular formula is C32H32F3N5O6S2. The molecule has 2 aromatic carbocycles. The molecule has 254 valence electrons. The molecule has 0 radical (unpaired) electrons. The standard InChI is InChI=1S/C32H32F3N5O6S2/c1-4-39-12-14-40(15-13-39)18-22-19-47-31(37-22)38-29(41)25-16-21(27-20(2)6-5-11-36-27)17-26(28(25)46-30(42)32(33,34)35)45-23-7-9-24(10-8-23)48(3,43)44/h5-11,16-17,19H,4,12-15,18H2,1-3H3,(H,37,38,41). The molecule has 1 amide bonds. The summed E-state index contributed by atoms with van der Waals surface area (Å²) >= 11 is 1.14. The molecule has 16 heteroatoms. The molecule has 0 aliphatic carbocycles. The third-order valence-electron chi connectivity index (χ3n) is 7.56. The van der Waals surface area contributed by atoms with Gasteiger partial charge in [-0.2, -0.15) is 13.2 Å². The van der Waals surface area contributed by atoms with Gasteiger partial charge in [0.25, 0.3) is 5.91 Å². The first-order valence-electron chi connectivity index (χ1n) is 14.8. The average molecular weight is 704 g/mol. The largest absolute Gasteiger partial charge is 0.491 e. The number of aryl methyl sites for hydroxylation is 1. The number of aromatic nitrogens is 2. The Morgan fingerprint density at radius 1 is 1.04 bits per heavy atom. The van der Waals surface area contributed by atoms with E-state index in [0.29, 0.717) is 23.5 Å². The fourth-order valence-electron chi connectivity index (χ4n) is 5.00. The molecule has 0 atom stereocenters. The summed E-state index contributed by atoms with van der Waals surface area (Å²) in [5, 5.41) is 4.59. The van der Waals surface area contributed by atoms with Crippen LogP contribution in [0, 0.1) is 6.92 Å². The van der Waals surface area contributed by atoms with Gasteiger partial charge in [-0.15, -0.1) is 11.3 Å². The fraction of sp³-hybridized carbons (Fsp3) is 0.312. The molecule has 11 nitrogen and oxygen atoms in total. The van der Waals surface area contributed by atoms with E-state index in [0.717, 1.165) is 50.3 Å². The van der Waals surface area contributed by atoms with Gasteiger partial charge >= 0.3 is 12.1 Å². The lowest BCUT2D eigenvalue weighted by molar-refractivity contribution is -0.189. The Hall–Kier alpha value is -4.38. The van der Waals surface area contributed by atoms with Crippen LogP contribution in [0.2, 0.25) is 0 Å². The van der Waals surface area contributed by atoms with Crippen LogP contribution in [0.4, 0.5) is 18.3 Å². The Kier molecular flexibility index (Phi) is 10.5. The van der Waals surface area contributed by atoms with Gasteiger partial charge in [-0.1, -0.05) is 13.0 Å². The molecule has 4 aromatic rings. The van der Waals surface area contributed by atoms with Gasteiger partial charge in [-0.05, 0) is 61.5 Å². The molecule has 1 aliphatic rings. The van der Waals surface area contributed by atoms with Crippen molar-refractivity contribution in [1.82, 2.24) is 19.8 Å². The molecule has 1 fully saturated rings. The highest BCUT2D eigenvalue weighted by atomic mass is 32.2.